The summed E-state index contributed by atoms with van der Waals surface area (Å²) in [6.07, 6.45) is 6.76. The van der Waals surface area contributed by atoms with Gasteiger partial charge in [-0.05, 0) is 42.2 Å². The average molecular weight is 487 g/mol. The molecule has 1 aromatic heterocycles. The zero-order chi connectivity index (χ0) is 23.2. The van der Waals surface area contributed by atoms with E-state index in [2.05, 4.69) is 16.9 Å². The normalized spacial score (nSPS) is 23.5. The van der Waals surface area contributed by atoms with Gasteiger partial charge in [0.2, 0.25) is 5.91 Å². The number of amides is 1. The molecule has 0 spiro atoms. The molecule has 3 aliphatic rings. The van der Waals surface area contributed by atoms with E-state index in [1.165, 1.54) is 7.11 Å². The molecule has 9 heteroatoms. The van der Waals surface area contributed by atoms with Crippen LogP contribution in [-0.2, 0) is 39.1 Å². The Balaban J connectivity index is 1.40. The van der Waals surface area contributed by atoms with E-state index < -0.39 is 16.0 Å². The van der Waals surface area contributed by atoms with Gasteiger partial charge >= 0.3 is 5.97 Å². The monoisotopic (exact) mass is 486 g/mol. The largest absolute Gasteiger partial charge is 0.465 e. The van der Waals surface area contributed by atoms with Gasteiger partial charge in [-0.1, -0.05) is 42.5 Å². The first-order chi connectivity index (χ1) is 15.9. The minimum absolute atomic E-state index is 0.0114. The van der Waals surface area contributed by atoms with Crippen molar-refractivity contribution < 1.29 is 22.7 Å². The molecule has 1 aliphatic heterocycles. The number of thiophene rings is 1. The topological polar surface area (TPSA) is 92.8 Å². The van der Waals surface area contributed by atoms with E-state index in [1.807, 2.05) is 35.2 Å². The molecule has 0 saturated heterocycles. The fourth-order valence-electron chi connectivity index (χ4n) is 5.20. The molecule has 3 atom stereocenters. The third-order valence-electron chi connectivity index (χ3n) is 6.88. The number of nitrogens with one attached hydrogen (secondary N) is 1. The predicted octanol–water partition coefficient (Wildman–Crippen LogP) is 3.11. The van der Waals surface area contributed by atoms with Crippen molar-refractivity contribution in [2.24, 2.45) is 17.8 Å². The molecule has 2 aromatic rings. The molecule has 1 aromatic carbocycles. The number of sulfonamides is 1. The number of ether oxygens (including phenoxy) is 1. The Morgan fingerprint density at radius 1 is 1.18 bits per heavy atom. The number of nitrogens with zero attached hydrogens (tertiary/aromatic N) is 1. The van der Waals surface area contributed by atoms with Crippen LogP contribution in [0.1, 0.15) is 39.2 Å². The Kier molecular flexibility index (Phi) is 5.88. The molecule has 2 heterocycles. The predicted molar refractivity (Wildman–Crippen MR) is 124 cm³/mol. The fourth-order valence-corrected chi connectivity index (χ4v) is 8.16. The van der Waals surface area contributed by atoms with Crippen molar-refractivity contribution in [3.8, 4) is 0 Å². The number of methoxy groups -OCH3 is 1. The summed E-state index contributed by atoms with van der Waals surface area (Å²) in [6.45, 7) is 0.921. The molecule has 7 nitrogen and oxygen atoms in total. The molecular weight excluding hydrogens is 460 g/mol. The molecule has 0 radical (unpaired) electrons. The Labute approximate surface area is 197 Å². The zero-order valence-electron chi connectivity index (χ0n) is 18.3. The van der Waals surface area contributed by atoms with E-state index in [0.29, 0.717) is 36.9 Å². The molecule has 174 valence electrons. The van der Waals surface area contributed by atoms with Gasteiger partial charge in [0.1, 0.15) is 4.21 Å². The van der Waals surface area contributed by atoms with Gasteiger partial charge in [0.25, 0.3) is 10.0 Å². The van der Waals surface area contributed by atoms with Crippen molar-refractivity contribution in [3.63, 3.8) is 0 Å². The molecule has 1 saturated carbocycles. The summed E-state index contributed by atoms with van der Waals surface area (Å²) in [7, 11) is -2.69. The fraction of sp³-hybridized carbons (Fsp3) is 0.417. The lowest BCUT2D eigenvalue weighted by Gasteiger charge is -2.31. The number of allylic oxidation sites excluding steroid dienone is 2. The molecule has 2 aliphatic carbocycles. The van der Waals surface area contributed by atoms with Crippen LogP contribution >= 0.6 is 11.3 Å². The van der Waals surface area contributed by atoms with Crippen molar-refractivity contribution in [3.05, 3.63) is 64.1 Å². The second-order valence-electron chi connectivity index (χ2n) is 8.86. The van der Waals surface area contributed by atoms with Gasteiger partial charge in [-0.2, -0.15) is 0 Å². The number of benzene rings is 1. The van der Waals surface area contributed by atoms with E-state index in [9.17, 15) is 18.0 Å². The summed E-state index contributed by atoms with van der Waals surface area (Å²) in [6, 6.07) is 9.20. The Morgan fingerprint density at radius 2 is 1.97 bits per heavy atom. The van der Waals surface area contributed by atoms with Crippen molar-refractivity contribution in [1.29, 1.82) is 0 Å². The van der Waals surface area contributed by atoms with Crippen LogP contribution in [0.3, 0.4) is 0 Å². The lowest BCUT2D eigenvalue weighted by atomic mass is 9.91. The highest BCUT2D eigenvalue weighted by atomic mass is 32.2. The summed E-state index contributed by atoms with van der Waals surface area (Å²) >= 11 is 1.07. The molecule has 1 fully saturated rings. The summed E-state index contributed by atoms with van der Waals surface area (Å²) in [5.41, 5.74) is 1.61. The van der Waals surface area contributed by atoms with Crippen molar-refractivity contribution in [1.82, 2.24) is 9.62 Å². The highest BCUT2D eigenvalue weighted by Crippen LogP contribution is 2.45. The second kappa shape index (κ2) is 8.70. The number of hydrogen-bond donors (Lipinski definition) is 1. The maximum Gasteiger partial charge on any atom is 0.340 e. The van der Waals surface area contributed by atoms with Gasteiger partial charge in [0, 0.05) is 23.9 Å². The SMILES string of the molecule is COC(=O)c1c(S(=O)(=O)NCc2ccccc2)sc2c1CCN(C(=O)[C@@H]1C[C@H]3C=C[C@@H]1C3)C2. The van der Waals surface area contributed by atoms with Crippen molar-refractivity contribution in [2.45, 2.75) is 36.6 Å². The van der Waals surface area contributed by atoms with Crippen LogP contribution in [0.15, 0.2) is 46.7 Å². The Morgan fingerprint density at radius 3 is 2.64 bits per heavy atom. The van der Waals surface area contributed by atoms with Gasteiger partial charge in [0.05, 0.1) is 19.2 Å². The lowest BCUT2D eigenvalue weighted by molar-refractivity contribution is -0.137. The lowest BCUT2D eigenvalue weighted by Crippen LogP contribution is -2.40. The zero-order valence-corrected chi connectivity index (χ0v) is 20.0. The van der Waals surface area contributed by atoms with Crippen LogP contribution in [0.2, 0.25) is 0 Å². The third-order valence-corrected chi connectivity index (χ3v) is 10.0. The number of carbonyl (C=O) groups excluding carboxylic acids is 2. The van der Waals surface area contributed by atoms with Gasteiger partial charge < -0.3 is 9.64 Å². The molecule has 2 bridgehead atoms. The molecule has 5 rings (SSSR count). The number of rotatable bonds is 6. The first-order valence-corrected chi connectivity index (χ1v) is 13.4. The van der Waals surface area contributed by atoms with Crippen LogP contribution in [0.5, 0.6) is 0 Å². The van der Waals surface area contributed by atoms with Crippen LogP contribution in [-0.4, -0.2) is 38.8 Å². The van der Waals surface area contributed by atoms with Crippen molar-refractivity contribution in [2.75, 3.05) is 13.7 Å². The first kappa shape index (κ1) is 22.3. The highest BCUT2D eigenvalue weighted by molar-refractivity contribution is 7.91. The summed E-state index contributed by atoms with van der Waals surface area (Å²) in [5.74, 6) is 0.306. The van der Waals surface area contributed by atoms with E-state index in [-0.39, 0.29) is 28.1 Å². The number of carbonyl (C=O) groups is 2. The first-order valence-electron chi connectivity index (χ1n) is 11.1. The van der Waals surface area contributed by atoms with E-state index in [4.69, 9.17) is 4.74 Å². The molecular formula is C24H26N2O5S2. The smallest absolute Gasteiger partial charge is 0.340 e. The van der Waals surface area contributed by atoms with E-state index >= 15 is 0 Å². The van der Waals surface area contributed by atoms with Crippen LogP contribution in [0.4, 0.5) is 0 Å². The molecule has 33 heavy (non-hydrogen) atoms. The van der Waals surface area contributed by atoms with Crippen LogP contribution < -0.4 is 4.72 Å². The van der Waals surface area contributed by atoms with Gasteiger partial charge in [-0.25, -0.2) is 17.9 Å². The van der Waals surface area contributed by atoms with Gasteiger partial charge in [-0.15, -0.1) is 11.3 Å². The molecule has 1 amide bonds. The quantitative estimate of drug-likeness (QED) is 0.500. The van der Waals surface area contributed by atoms with Crippen LogP contribution in [0, 0.1) is 17.8 Å². The Bertz CT molecular complexity index is 1220. The van der Waals surface area contributed by atoms with E-state index in [1.54, 1.807) is 0 Å². The summed E-state index contributed by atoms with van der Waals surface area (Å²) in [5, 5.41) is 0. The van der Waals surface area contributed by atoms with Crippen molar-refractivity contribution >= 4 is 33.2 Å². The van der Waals surface area contributed by atoms with Gasteiger partial charge in [-0.3, -0.25) is 4.79 Å². The average Bonchev–Trinajstić information content (AvgIpc) is 3.56. The van der Waals surface area contributed by atoms with E-state index in [0.717, 1.165) is 34.6 Å². The summed E-state index contributed by atoms with van der Waals surface area (Å²) < 4.78 is 33.9. The second-order valence-corrected chi connectivity index (χ2v) is 11.9. The maximum atomic E-state index is 13.2. The number of esters is 1. The minimum atomic E-state index is -3.94. The number of hydrogen-bond acceptors (Lipinski definition) is 6. The maximum absolute atomic E-state index is 13.2. The summed E-state index contributed by atoms with van der Waals surface area (Å²) in [4.78, 5) is 28.4. The molecule has 0 unspecified atom stereocenters. The standard InChI is InChI=1S/C24H26N2O5S2/c1-31-23(28)21-18-9-10-26(22(27)19-12-16-7-8-17(19)11-16)14-20(18)32-24(21)33(29,30)25-13-15-5-3-2-4-6-15/h2-8,16-17,19,25H,9-14H2,1H3/t16-,17+,19+/m0/s1. The third kappa shape index (κ3) is 4.13. The Hall–Kier alpha value is -2.49. The molecule has 1 N–H and O–H groups in total. The highest BCUT2D eigenvalue weighted by Gasteiger charge is 2.43. The van der Waals surface area contributed by atoms with Gasteiger partial charge in [0.15, 0.2) is 0 Å². The number of fused-ring (bicyclic) bond motifs is 3. The minimum Gasteiger partial charge on any atom is -0.465 e. The van der Waals surface area contributed by atoms with Crippen LogP contribution in [0.25, 0.3) is 0 Å².